The summed E-state index contributed by atoms with van der Waals surface area (Å²) in [6, 6.07) is 8.76. The molecule has 1 amide bonds. The molecule has 6 nitrogen and oxygen atoms in total. The van der Waals surface area contributed by atoms with E-state index in [4.69, 9.17) is 4.74 Å². The predicted octanol–water partition coefficient (Wildman–Crippen LogP) is 3.18. The summed E-state index contributed by atoms with van der Waals surface area (Å²) >= 11 is 1.34. The molecule has 3 heterocycles. The van der Waals surface area contributed by atoms with Gasteiger partial charge in [0.05, 0.1) is 12.2 Å². The number of amides is 1. The lowest BCUT2D eigenvalue weighted by molar-refractivity contribution is -0.140. The number of aryl methyl sites for hydroxylation is 1. The van der Waals surface area contributed by atoms with Crippen LogP contribution in [0, 0.1) is 0 Å². The van der Waals surface area contributed by atoms with E-state index in [1.165, 1.54) is 11.3 Å². The maximum atomic E-state index is 12.6. The van der Waals surface area contributed by atoms with Crippen molar-refractivity contribution in [2.24, 2.45) is 0 Å². The van der Waals surface area contributed by atoms with Crippen LogP contribution in [-0.4, -0.2) is 46.7 Å². The molecule has 0 aliphatic carbocycles. The molecule has 0 saturated carbocycles. The predicted molar refractivity (Wildman–Crippen MR) is 105 cm³/mol. The number of carboxylic acids is 1. The number of aromatic hydroxyl groups is 1. The molecule has 28 heavy (non-hydrogen) atoms. The van der Waals surface area contributed by atoms with E-state index < -0.39 is 11.6 Å². The van der Waals surface area contributed by atoms with Crippen LogP contribution in [0.4, 0.5) is 0 Å². The first-order valence-corrected chi connectivity index (χ1v) is 10.3. The topological polar surface area (TPSA) is 87.1 Å². The van der Waals surface area contributed by atoms with Crippen LogP contribution >= 0.6 is 11.3 Å². The van der Waals surface area contributed by atoms with Crippen molar-refractivity contribution < 1.29 is 24.5 Å². The van der Waals surface area contributed by atoms with Gasteiger partial charge in [-0.15, -0.1) is 11.3 Å². The summed E-state index contributed by atoms with van der Waals surface area (Å²) in [5.41, 5.74) is 1.49. The normalized spacial score (nSPS) is 18.1. The quantitative estimate of drug-likeness (QED) is 0.822. The van der Waals surface area contributed by atoms with Crippen LogP contribution in [0.25, 0.3) is 0 Å². The Bertz CT molecular complexity index is 898. The number of rotatable bonds is 4. The number of ether oxygens (including phenoxy) is 1. The minimum atomic E-state index is -0.894. The summed E-state index contributed by atoms with van der Waals surface area (Å²) in [4.78, 5) is 27.3. The number of hydrogen-bond acceptors (Lipinski definition) is 5. The summed E-state index contributed by atoms with van der Waals surface area (Å²) in [5.74, 6) is -0.577. The van der Waals surface area contributed by atoms with Crippen LogP contribution in [0.15, 0.2) is 30.3 Å². The molecule has 1 fully saturated rings. The van der Waals surface area contributed by atoms with Crippen molar-refractivity contribution in [3.63, 3.8) is 0 Å². The summed E-state index contributed by atoms with van der Waals surface area (Å²) in [6.07, 6.45) is 3.13. The summed E-state index contributed by atoms with van der Waals surface area (Å²) in [5, 5.41) is 18.8. The first kappa shape index (κ1) is 19.0. The molecule has 2 N–H and O–H groups in total. The lowest BCUT2D eigenvalue weighted by Crippen LogP contribution is -2.48. The molecule has 1 aromatic heterocycles. The first-order chi connectivity index (χ1) is 13.5. The van der Waals surface area contributed by atoms with Crippen molar-refractivity contribution in [2.45, 2.75) is 37.7 Å². The van der Waals surface area contributed by atoms with Gasteiger partial charge in [-0.2, -0.15) is 0 Å². The molecule has 1 aromatic carbocycles. The van der Waals surface area contributed by atoms with Gasteiger partial charge < -0.3 is 19.8 Å². The number of fused-ring (bicyclic) bond motifs is 2. The molecule has 0 bridgehead atoms. The molecular weight excluding hydrogens is 378 g/mol. The molecule has 1 spiro atoms. The zero-order valence-corrected chi connectivity index (χ0v) is 16.3. The van der Waals surface area contributed by atoms with Crippen molar-refractivity contribution in [1.29, 1.82) is 0 Å². The number of carbonyl (C=O) groups is 2. The fourth-order valence-corrected chi connectivity index (χ4v) is 5.24. The molecule has 7 heteroatoms. The molecule has 0 unspecified atom stereocenters. The van der Waals surface area contributed by atoms with E-state index in [-0.39, 0.29) is 11.7 Å². The highest BCUT2D eigenvalue weighted by Crippen LogP contribution is 2.44. The van der Waals surface area contributed by atoms with E-state index in [1.54, 1.807) is 24.3 Å². The average molecular weight is 401 g/mol. The van der Waals surface area contributed by atoms with Crippen molar-refractivity contribution in [3.8, 4) is 5.75 Å². The van der Waals surface area contributed by atoms with Gasteiger partial charge in [-0.25, -0.2) is 4.79 Å². The number of hydrogen-bond donors (Lipinski definition) is 2. The third kappa shape index (κ3) is 3.64. The molecular formula is C21H23NO5S. The molecule has 4 rings (SSSR count). The Labute approximate surface area is 167 Å². The van der Waals surface area contributed by atoms with Gasteiger partial charge in [0.2, 0.25) is 5.91 Å². The Morgan fingerprint density at radius 2 is 2.00 bits per heavy atom. The van der Waals surface area contributed by atoms with Gasteiger partial charge >= 0.3 is 5.97 Å². The number of likely N-dealkylation sites (tertiary alicyclic amines) is 1. The van der Waals surface area contributed by atoms with Crippen molar-refractivity contribution in [2.75, 3.05) is 19.7 Å². The van der Waals surface area contributed by atoms with Crippen LogP contribution < -0.4 is 0 Å². The van der Waals surface area contributed by atoms with Crippen LogP contribution in [0.2, 0.25) is 0 Å². The fraction of sp³-hybridized carbons (Fsp3) is 0.429. The van der Waals surface area contributed by atoms with Crippen LogP contribution in [0.1, 0.15) is 44.9 Å². The van der Waals surface area contributed by atoms with E-state index >= 15 is 0 Å². The zero-order chi connectivity index (χ0) is 19.7. The minimum absolute atomic E-state index is 0.103. The maximum absolute atomic E-state index is 12.6. The number of phenols is 1. The van der Waals surface area contributed by atoms with Gasteiger partial charge in [0, 0.05) is 30.8 Å². The molecule has 2 aliphatic heterocycles. The number of carboxylic acid groups (broad SMARTS) is 1. The Morgan fingerprint density at radius 1 is 1.21 bits per heavy atom. The number of aromatic carboxylic acids is 1. The molecule has 1 saturated heterocycles. The van der Waals surface area contributed by atoms with E-state index in [2.05, 4.69) is 0 Å². The number of piperidine rings is 1. The molecule has 2 aromatic rings. The van der Waals surface area contributed by atoms with Crippen LogP contribution in [0.3, 0.4) is 0 Å². The standard InChI is InChI=1S/C21H23NO5S/c23-15-3-1-2-14(12-15)4-5-19(24)22-9-7-21(8-10-22)16-13-18(20(25)26)28-17(16)6-11-27-21/h1-3,12-13,23H,4-11H2,(H,25,26). The zero-order valence-electron chi connectivity index (χ0n) is 15.5. The number of thiophene rings is 1. The van der Waals surface area contributed by atoms with Gasteiger partial charge in [0.1, 0.15) is 10.6 Å². The highest BCUT2D eigenvalue weighted by atomic mass is 32.1. The maximum Gasteiger partial charge on any atom is 0.345 e. The van der Waals surface area contributed by atoms with Crippen molar-refractivity contribution >= 4 is 23.2 Å². The number of benzene rings is 1. The average Bonchev–Trinajstić information content (AvgIpc) is 3.13. The third-order valence-electron chi connectivity index (χ3n) is 5.68. The summed E-state index contributed by atoms with van der Waals surface area (Å²) in [6.45, 7) is 1.81. The number of phenolic OH excluding ortho intramolecular Hbond substituents is 1. The molecule has 0 radical (unpaired) electrons. The van der Waals surface area contributed by atoms with Gasteiger partial charge in [-0.05, 0) is 48.6 Å². The minimum Gasteiger partial charge on any atom is -0.508 e. The second kappa shape index (κ2) is 7.56. The van der Waals surface area contributed by atoms with Gasteiger partial charge in [0.15, 0.2) is 0 Å². The van der Waals surface area contributed by atoms with E-state index in [0.717, 1.165) is 22.4 Å². The Balaban J connectivity index is 1.39. The highest BCUT2D eigenvalue weighted by molar-refractivity contribution is 7.14. The SMILES string of the molecule is O=C(O)c1cc2c(s1)CCOC21CCN(C(=O)CCc2cccc(O)c2)CC1. The largest absolute Gasteiger partial charge is 0.508 e. The van der Waals surface area contributed by atoms with Crippen molar-refractivity contribution in [1.82, 2.24) is 4.90 Å². The van der Waals surface area contributed by atoms with E-state index in [9.17, 15) is 19.8 Å². The molecule has 148 valence electrons. The second-order valence-corrected chi connectivity index (χ2v) is 8.53. The number of nitrogens with zero attached hydrogens (tertiary/aromatic N) is 1. The molecule has 0 atom stereocenters. The van der Waals surface area contributed by atoms with Gasteiger partial charge in [-0.3, -0.25) is 4.79 Å². The van der Waals surface area contributed by atoms with E-state index in [1.807, 2.05) is 11.0 Å². The van der Waals surface area contributed by atoms with Crippen molar-refractivity contribution in [3.05, 3.63) is 51.2 Å². The number of carbonyl (C=O) groups excluding carboxylic acids is 1. The van der Waals surface area contributed by atoms with Crippen LogP contribution in [0.5, 0.6) is 5.75 Å². The fourth-order valence-electron chi connectivity index (χ4n) is 4.17. The third-order valence-corrected chi connectivity index (χ3v) is 6.86. The summed E-state index contributed by atoms with van der Waals surface area (Å²) < 4.78 is 6.14. The lowest BCUT2D eigenvalue weighted by Gasteiger charge is -2.44. The van der Waals surface area contributed by atoms with Crippen LogP contribution in [-0.2, 0) is 28.0 Å². The highest BCUT2D eigenvalue weighted by Gasteiger charge is 2.43. The lowest BCUT2D eigenvalue weighted by atomic mass is 9.82. The smallest absolute Gasteiger partial charge is 0.345 e. The Hall–Kier alpha value is -2.38. The second-order valence-electron chi connectivity index (χ2n) is 7.40. The molecule has 2 aliphatic rings. The van der Waals surface area contributed by atoms with Gasteiger partial charge in [0.25, 0.3) is 0 Å². The van der Waals surface area contributed by atoms with Gasteiger partial charge in [-0.1, -0.05) is 12.1 Å². The van der Waals surface area contributed by atoms with E-state index in [0.29, 0.717) is 50.3 Å². The Kier molecular flexibility index (Phi) is 5.12. The first-order valence-electron chi connectivity index (χ1n) is 9.53. The Morgan fingerprint density at radius 3 is 2.71 bits per heavy atom. The summed E-state index contributed by atoms with van der Waals surface area (Å²) in [7, 11) is 0. The monoisotopic (exact) mass is 401 g/mol.